The molecule has 1 aliphatic rings. The average Bonchev–Trinajstić information content (AvgIpc) is 3.08. The first-order chi connectivity index (χ1) is 12.4. The van der Waals surface area contributed by atoms with Gasteiger partial charge in [-0.25, -0.2) is 8.42 Å². The van der Waals surface area contributed by atoms with Gasteiger partial charge >= 0.3 is 0 Å². The van der Waals surface area contributed by atoms with Crippen molar-refractivity contribution in [1.82, 2.24) is 10.3 Å². The van der Waals surface area contributed by atoms with E-state index in [2.05, 4.69) is 15.6 Å². The highest BCUT2D eigenvalue weighted by molar-refractivity contribution is 7.94. The van der Waals surface area contributed by atoms with Crippen molar-refractivity contribution in [3.05, 3.63) is 41.7 Å². The summed E-state index contributed by atoms with van der Waals surface area (Å²) in [5, 5.41) is 5.49. The molecule has 1 fully saturated rings. The molecule has 3 heterocycles. The monoisotopic (exact) mass is 396 g/mol. The Kier molecular flexibility index (Phi) is 5.32. The lowest BCUT2D eigenvalue weighted by molar-refractivity contribution is 0.0786. The van der Waals surface area contributed by atoms with Crippen molar-refractivity contribution in [2.24, 2.45) is 5.73 Å². The number of aromatic nitrogens is 1. The van der Waals surface area contributed by atoms with Crippen LogP contribution in [0.3, 0.4) is 0 Å². The van der Waals surface area contributed by atoms with Crippen LogP contribution in [0.15, 0.2) is 34.7 Å². The summed E-state index contributed by atoms with van der Waals surface area (Å²) < 4.78 is 30.6. The molecule has 1 saturated heterocycles. The summed E-state index contributed by atoms with van der Waals surface area (Å²) in [6.07, 6.45) is 1.45. The molecule has 1 atom stereocenters. The van der Waals surface area contributed by atoms with Crippen molar-refractivity contribution in [2.45, 2.75) is 9.65 Å². The number of rotatable bonds is 5. The highest BCUT2D eigenvalue weighted by atomic mass is 32.2. The molecule has 0 aliphatic carbocycles. The van der Waals surface area contributed by atoms with Crippen LogP contribution < -0.4 is 16.4 Å². The maximum absolute atomic E-state index is 12.7. The number of morpholine rings is 1. The molecule has 2 amide bonds. The van der Waals surface area contributed by atoms with E-state index in [1.54, 1.807) is 12.1 Å². The predicted molar refractivity (Wildman–Crippen MR) is 94.8 cm³/mol. The molecule has 9 nitrogen and oxygen atoms in total. The highest BCUT2D eigenvalue weighted by Gasteiger charge is 2.33. The van der Waals surface area contributed by atoms with Crippen molar-refractivity contribution in [3.8, 4) is 0 Å². The molecule has 1 unspecified atom stereocenters. The summed E-state index contributed by atoms with van der Waals surface area (Å²) >= 11 is 0.755. The molecular weight excluding hydrogens is 380 g/mol. The Morgan fingerprint density at radius 1 is 1.38 bits per heavy atom. The van der Waals surface area contributed by atoms with E-state index < -0.39 is 27.1 Å². The summed E-state index contributed by atoms with van der Waals surface area (Å²) in [5.41, 5.74) is 4.31. The second-order valence-corrected chi connectivity index (χ2v) is 8.76. The van der Waals surface area contributed by atoms with Gasteiger partial charge in [-0.3, -0.25) is 14.6 Å². The van der Waals surface area contributed by atoms with Crippen LogP contribution in [0, 0.1) is 0 Å². The molecule has 11 heteroatoms. The number of amides is 2. The minimum absolute atomic E-state index is 0.0514. The van der Waals surface area contributed by atoms with Crippen LogP contribution in [-0.2, 0) is 14.6 Å². The van der Waals surface area contributed by atoms with E-state index in [1.165, 1.54) is 12.3 Å². The average molecular weight is 396 g/mol. The maximum Gasteiger partial charge on any atom is 0.274 e. The largest absolute Gasteiger partial charge is 0.366 e. The van der Waals surface area contributed by atoms with Crippen LogP contribution in [-0.4, -0.2) is 50.3 Å². The Labute approximate surface area is 153 Å². The second kappa shape index (κ2) is 7.50. The van der Waals surface area contributed by atoms with Gasteiger partial charge in [0.25, 0.3) is 11.8 Å². The lowest BCUT2D eigenvalue weighted by Gasteiger charge is -2.22. The number of carbonyl (C=O) groups excluding carboxylic acids is 2. The fourth-order valence-corrected chi connectivity index (χ4v) is 5.30. The molecule has 1 aliphatic heterocycles. The molecule has 0 aromatic carbocycles. The summed E-state index contributed by atoms with van der Waals surface area (Å²) in [5.74, 6) is -1.42. The van der Waals surface area contributed by atoms with Crippen molar-refractivity contribution < 1.29 is 22.7 Å². The van der Waals surface area contributed by atoms with Crippen LogP contribution in [0.2, 0.25) is 0 Å². The van der Waals surface area contributed by atoms with Gasteiger partial charge < -0.3 is 21.1 Å². The minimum Gasteiger partial charge on any atom is -0.366 e. The number of hydrogen-bond acceptors (Lipinski definition) is 8. The number of primary amides is 1. The summed E-state index contributed by atoms with van der Waals surface area (Å²) in [6.45, 7) is 0.970. The van der Waals surface area contributed by atoms with Gasteiger partial charge in [0.1, 0.15) is 14.9 Å². The molecular formula is C15H16N4O5S2. The first-order valence-electron chi connectivity index (χ1n) is 7.62. The SMILES string of the molecule is NC(=O)c1cc(S(=O)(=O)C2CNCCO2)sc1NC(=O)c1ccccn1. The number of hydrogen-bond donors (Lipinski definition) is 3. The fraction of sp³-hybridized carbons (Fsp3) is 0.267. The third-order valence-electron chi connectivity index (χ3n) is 3.62. The number of anilines is 1. The van der Waals surface area contributed by atoms with E-state index in [-0.39, 0.29) is 33.6 Å². The van der Waals surface area contributed by atoms with Gasteiger partial charge in [0.2, 0.25) is 9.84 Å². The van der Waals surface area contributed by atoms with Gasteiger partial charge in [-0.1, -0.05) is 6.07 Å². The number of sulfone groups is 1. The quantitative estimate of drug-likeness (QED) is 0.656. The number of ether oxygens (including phenoxy) is 1. The van der Waals surface area contributed by atoms with Crippen molar-refractivity contribution in [2.75, 3.05) is 25.0 Å². The second-order valence-electron chi connectivity index (χ2n) is 5.39. The van der Waals surface area contributed by atoms with Crippen molar-refractivity contribution in [1.29, 1.82) is 0 Å². The number of pyridine rings is 1. The van der Waals surface area contributed by atoms with E-state index in [1.807, 2.05) is 0 Å². The molecule has 138 valence electrons. The Bertz CT molecular complexity index is 921. The normalized spacial score (nSPS) is 17.6. The minimum atomic E-state index is -3.84. The summed E-state index contributed by atoms with van der Waals surface area (Å²) in [4.78, 5) is 27.8. The molecule has 0 radical (unpaired) electrons. The van der Waals surface area contributed by atoms with E-state index in [0.717, 1.165) is 17.4 Å². The van der Waals surface area contributed by atoms with Gasteiger partial charge in [-0.05, 0) is 18.2 Å². The van der Waals surface area contributed by atoms with Gasteiger partial charge in [-0.15, -0.1) is 11.3 Å². The van der Waals surface area contributed by atoms with Crippen LogP contribution in [0.25, 0.3) is 0 Å². The van der Waals surface area contributed by atoms with Gasteiger partial charge in [0.05, 0.1) is 12.2 Å². The Balaban J connectivity index is 1.91. The Morgan fingerprint density at radius 2 is 2.19 bits per heavy atom. The molecule has 3 rings (SSSR count). The zero-order valence-electron chi connectivity index (χ0n) is 13.5. The predicted octanol–water partition coefficient (Wildman–Crippen LogP) is 0.214. The van der Waals surface area contributed by atoms with Crippen LogP contribution >= 0.6 is 11.3 Å². The zero-order valence-corrected chi connectivity index (χ0v) is 15.1. The Hall–Kier alpha value is -2.34. The van der Waals surface area contributed by atoms with Crippen LogP contribution in [0.4, 0.5) is 5.00 Å². The van der Waals surface area contributed by atoms with Crippen LogP contribution in [0.1, 0.15) is 20.8 Å². The number of carbonyl (C=O) groups is 2. The molecule has 0 spiro atoms. The number of nitrogens with one attached hydrogen (secondary N) is 2. The van der Waals surface area contributed by atoms with E-state index in [9.17, 15) is 18.0 Å². The zero-order chi connectivity index (χ0) is 18.7. The van der Waals surface area contributed by atoms with Crippen molar-refractivity contribution >= 4 is 38.0 Å². The fourth-order valence-electron chi connectivity index (χ4n) is 2.32. The van der Waals surface area contributed by atoms with Gasteiger partial charge in [0, 0.05) is 19.3 Å². The van der Waals surface area contributed by atoms with Gasteiger partial charge in [0.15, 0.2) is 5.44 Å². The molecule has 4 N–H and O–H groups in total. The van der Waals surface area contributed by atoms with Crippen molar-refractivity contribution in [3.63, 3.8) is 0 Å². The van der Waals surface area contributed by atoms with E-state index >= 15 is 0 Å². The van der Waals surface area contributed by atoms with E-state index in [4.69, 9.17) is 10.5 Å². The maximum atomic E-state index is 12.7. The molecule has 2 aromatic rings. The molecule has 26 heavy (non-hydrogen) atoms. The lowest BCUT2D eigenvalue weighted by Crippen LogP contribution is -2.42. The summed E-state index contributed by atoms with van der Waals surface area (Å²) in [7, 11) is -3.84. The first-order valence-corrected chi connectivity index (χ1v) is 9.98. The topological polar surface area (TPSA) is 140 Å². The third-order valence-corrected chi connectivity index (χ3v) is 7.09. The van der Waals surface area contributed by atoms with E-state index in [0.29, 0.717) is 6.54 Å². The molecule has 0 bridgehead atoms. The molecule has 2 aromatic heterocycles. The highest BCUT2D eigenvalue weighted by Crippen LogP contribution is 2.34. The first kappa shape index (κ1) is 18.5. The Morgan fingerprint density at radius 3 is 2.81 bits per heavy atom. The summed E-state index contributed by atoms with van der Waals surface area (Å²) in [6, 6.07) is 5.94. The smallest absolute Gasteiger partial charge is 0.274 e. The molecule has 0 saturated carbocycles. The lowest BCUT2D eigenvalue weighted by atomic mass is 10.3. The van der Waals surface area contributed by atoms with Gasteiger partial charge in [-0.2, -0.15) is 0 Å². The number of nitrogens with zero attached hydrogens (tertiary/aromatic N) is 1. The van der Waals surface area contributed by atoms with Crippen LogP contribution in [0.5, 0.6) is 0 Å². The standard InChI is InChI=1S/C15H16N4O5S2/c16-13(20)9-7-12(26(22,23)11-8-17-5-6-24-11)25-15(9)19-14(21)10-3-1-2-4-18-10/h1-4,7,11,17H,5-6,8H2,(H2,16,20)(H,19,21). The third kappa shape index (κ3) is 3.75. The number of nitrogens with two attached hydrogens (primary N) is 1. The number of thiophene rings is 1.